The molecular weight excluding hydrogens is 412 g/mol. The summed E-state index contributed by atoms with van der Waals surface area (Å²) in [5, 5.41) is 0. The zero-order valence-electron chi connectivity index (χ0n) is 20.9. The second-order valence-electron chi connectivity index (χ2n) is 9.07. The van der Waals surface area contributed by atoms with E-state index in [2.05, 4.69) is 4.72 Å². The van der Waals surface area contributed by atoms with E-state index in [1.54, 1.807) is 11.9 Å². The maximum atomic E-state index is 12.9. The fraction of sp³-hybridized carbons (Fsp3) is 0.917. The van der Waals surface area contributed by atoms with Gasteiger partial charge in [-0.1, -0.05) is 39.6 Å². The highest BCUT2D eigenvalue weighted by Crippen LogP contribution is 2.38. The smallest absolute Gasteiger partial charge is 0.410 e. The predicted molar refractivity (Wildman–Crippen MR) is 129 cm³/mol. The zero-order valence-corrected chi connectivity index (χ0v) is 21.7. The van der Waals surface area contributed by atoms with E-state index in [4.69, 9.17) is 9.47 Å². The standard InChI is InChI=1S/C20H34N2O4S.2C2H6/c1-19(2,3)26-18(24)22-12-4-10-20(11-5-13-27-21-20)17(22)14-25-16-8-6-15(23)7-9-16;2*1-2/h16-17,21H,4-14H2,1-3H3;2*1-2H3. The first-order valence-corrected chi connectivity index (χ1v) is 13.3. The molecule has 3 fully saturated rings. The Bertz CT molecular complexity index is 529. The number of nitrogens with zero attached hydrogens (tertiary/aromatic N) is 1. The first-order valence-electron chi connectivity index (χ1n) is 12.3. The lowest BCUT2D eigenvalue weighted by molar-refractivity contribution is -0.123. The Kier molecular flexibility index (Phi) is 12.5. The van der Waals surface area contributed by atoms with E-state index >= 15 is 0 Å². The number of ether oxygens (including phenoxy) is 2. The van der Waals surface area contributed by atoms with Gasteiger partial charge in [0.25, 0.3) is 0 Å². The fourth-order valence-corrected chi connectivity index (χ4v) is 5.42. The number of carbonyl (C=O) groups is 2. The van der Waals surface area contributed by atoms with Gasteiger partial charge in [-0.3, -0.25) is 9.52 Å². The van der Waals surface area contributed by atoms with Crippen molar-refractivity contribution in [3.05, 3.63) is 0 Å². The van der Waals surface area contributed by atoms with Crippen molar-refractivity contribution in [1.29, 1.82) is 0 Å². The fourth-order valence-electron chi connectivity index (χ4n) is 4.40. The number of hydrogen-bond donors (Lipinski definition) is 1. The Labute approximate surface area is 194 Å². The molecule has 2 aliphatic heterocycles. The van der Waals surface area contributed by atoms with Gasteiger partial charge in [0, 0.05) is 25.1 Å². The van der Waals surface area contributed by atoms with Gasteiger partial charge in [-0.25, -0.2) is 4.79 Å². The summed E-state index contributed by atoms with van der Waals surface area (Å²) in [5.74, 6) is 1.44. The first-order chi connectivity index (χ1) is 14.8. The SMILES string of the molecule is CC.CC.CC(C)(C)OC(=O)N1CCCC2(CCCSN2)C1COC1CCC(=O)CC1. The van der Waals surface area contributed by atoms with Crippen LogP contribution in [-0.4, -0.2) is 59.0 Å². The molecule has 0 radical (unpaired) electrons. The number of carbonyl (C=O) groups excluding carboxylic acids is 2. The molecule has 1 aliphatic carbocycles. The average Bonchev–Trinajstić information content (AvgIpc) is 2.76. The molecule has 1 amide bonds. The molecule has 3 aliphatic rings. The number of nitrogens with one attached hydrogen (secondary N) is 1. The molecule has 0 aromatic carbocycles. The van der Waals surface area contributed by atoms with E-state index in [0.717, 1.165) is 44.3 Å². The van der Waals surface area contributed by atoms with E-state index in [9.17, 15) is 9.59 Å². The van der Waals surface area contributed by atoms with E-state index in [0.29, 0.717) is 31.8 Å². The summed E-state index contributed by atoms with van der Waals surface area (Å²) < 4.78 is 15.6. The van der Waals surface area contributed by atoms with Crippen LogP contribution in [-0.2, 0) is 14.3 Å². The molecule has 2 atom stereocenters. The molecule has 0 aromatic heterocycles. The maximum Gasteiger partial charge on any atom is 0.410 e. The van der Waals surface area contributed by atoms with Gasteiger partial charge in [0.1, 0.15) is 11.4 Å². The third-order valence-corrected chi connectivity index (χ3v) is 6.83. The van der Waals surface area contributed by atoms with Crippen LogP contribution in [0.5, 0.6) is 0 Å². The van der Waals surface area contributed by atoms with Crippen LogP contribution in [0.4, 0.5) is 4.79 Å². The van der Waals surface area contributed by atoms with Gasteiger partial charge < -0.3 is 14.4 Å². The minimum Gasteiger partial charge on any atom is -0.444 e. The summed E-state index contributed by atoms with van der Waals surface area (Å²) in [7, 11) is 0. The van der Waals surface area contributed by atoms with E-state index in [1.165, 1.54) is 0 Å². The summed E-state index contributed by atoms with van der Waals surface area (Å²) in [6.07, 6.45) is 6.93. The van der Waals surface area contributed by atoms with Gasteiger partial charge in [0.15, 0.2) is 0 Å². The van der Waals surface area contributed by atoms with Crippen molar-refractivity contribution in [1.82, 2.24) is 9.62 Å². The molecule has 3 rings (SSSR count). The van der Waals surface area contributed by atoms with Crippen molar-refractivity contribution in [2.45, 2.75) is 123 Å². The minimum atomic E-state index is -0.508. The van der Waals surface area contributed by atoms with Crippen molar-refractivity contribution >= 4 is 23.8 Å². The van der Waals surface area contributed by atoms with Gasteiger partial charge in [0.05, 0.1) is 24.3 Å². The van der Waals surface area contributed by atoms with Crippen LogP contribution in [0, 0.1) is 0 Å². The van der Waals surface area contributed by atoms with Gasteiger partial charge in [-0.2, -0.15) is 0 Å². The lowest BCUT2D eigenvalue weighted by atomic mass is 9.78. The van der Waals surface area contributed by atoms with Gasteiger partial charge in [0.2, 0.25) is 0 Å². The quantitative estimate of drug-likeness (QED) is 0.544. The van der Waals surface area contributed by atoms with Crippen molar-refractivity contribution in [2.75, 3.05) is 18.9 Å². The number of likely N-dealkylation sites (tertiary alicyclic amines) is 1. The summed E-state index contributed by atoms with van der Waals surface area (Å²) in [4.78, 5) is 26.3. The second kappa shape index (κ2) is 13.7. The molecule has 1 spiro atoms. The van der Waals surface area contributed by atoms with Crippen LogP contribution in [0.15, 0.2) is 0 Å². The highest BCUT2D eigenvalue weighted by Gasteiger charge is 2.48. The molecule has 0 aromatic rings. The summed E-state index contributed by atoms with van der Waals surface area (Å²) in [5.41, 5.74) is -0.617. The van der Waals surface area contributed by atoms with E-state index < -0.39 is 5.60 Å². The van der Waals surface area contributed by atoms with Crippen LogP contribution < -0.4 is 4.72 Å². The predicted octanol–water partition coefficient (Wildman–Crippen LogP) is 5.74. The van der Waals surface area contributed by atoms with E-state index in [1.807, 2.05) is 53.4 Å². The van der Waals surface area contributed by atoms with Gasteiger partial charge in [-0.15, -0.1) is 0 Å². The van der Waals surface area contributed by atoms with Crippen LogP contribution in [0.1, 0.15) is 99.8 Å². The molecule has 31 heavy (non-hydrogen) atoms. The van der Waals surface area contributed by atoms with Crippen molar-refractivity contribution in [3.8, 4) is 0 Å². The zero-order chi connectivity index (χ0) is 23.5. The summed E-state index contributed by atoms with van der Waals surface area (Å²) in [6, 6.07) is -0.0356. The molecule has 2 heterocycles. The highest BCUT2D eigenvalue weighted by molar-refractivity contribution is 7.97. The lowest BCUT2D eigenvalue weighted by Crippen LogP contribution is -2.66. The monoisotopic (exact) mass is 458 g/mol. The molecule has 182 valence electrons. The Morgan fingerprint density at radius 2 is 1.74 bits per heavy atom. The third kappa shape index (κ3) is 8.58. The maximum absolute atomic E-state index is 12.9. The summed E-state index contributed by atoms with van der Waals surface area (Å²) in [6.45, 7) is 14.9. The third-order valence-electron chi connectivity index (χ3n) is 5.79. The molecule has 1 N–H and O–H groups in total. The first kappa shape index (κ1) is 28.2. The normalized spacial score (nSPS) is 27.0. The number of ketones is 1. The van der Waals surface area contributed by atoms with Gasteiger partial charge >= 0.3 is 6.09 Å². The number of piperidine rings is 1. The van der Waals surface area contributed by atoms with E-state index in [-0.39, 0.29) is 23.8 Å². The minimum absolute atomic E-state index is 0.0356. The molecule has 6 nitrogen and oxygen atoms in total. The van der Waals surface area contributed by atoms with Crippen LogP contribution >= 0.6 is 11.9 Å². The molecule has 1 saturated carbocycles. The molecule has 0 bridgehead atoms. The van der Waals surface area contributed by atoms with Crippen molar-refractivity contribution in [2.24, 2.45) is 0 Å². The summed E-state index contributed by atoms with van der Waals surface area (Å²) >= 11 is 1.76. The van der Waals surface area contributed by atoms with Gasteiger partial charge in [-0.05, 0) is 59.3 Å². The van der Waals surface area contributed by atoms with Crippen LogP contribution in [0.3, 0.4) is 0 Å². The highest BCUT2D eigenvalue weighted by atomic mass is 32.2. The largest absolute Gasteiger partial charge is 0.444 e. The Morgan fingerprint density at radius 3 is 2.29 bits per heavy atom. The Balaban J connectivity index is 0.00000113. The number of amides is 1. The lowest BCUT2D eigenvalue weighted by Gasteiger charge is -2.51. The van der Waals surface area contributed by atoms with Crippen LogP contribution in [0.25, 0.3) is 0 Å². The Hall–Kier alpha value is -0.790. The Morgan fingerprint density at radius 1 is 1.13 bits per heavy atom. The molecule has 2 unspecified atom stereocenters. The molecule has 7 heteroatoms. The van der Waals surface area contributed by atoms with Crippen molar-refractivity contribution in [3.63, 3.8) is 0 Å². The average molecular weight is 459 g/mol. The number of rotatable bonds is 3. The number of Topliss-reactive ketones (excluding diaryl/α,β-unsaturated/α-hetero) is 1. The molecular formula is C24H46N2O4S. The molecule has 2 saturated heterocycles. The van der Waals surface area contributed by atoms with Crippen molar-refractivity contribution < 1.29 is 19.1 Å². The van der Waals surface area contributed by atoms with Crippen LogP contribution in [0.2, 0.25) is 0 Å². The topological polar surface area (TPSA) is 67.9 Å². The number of hydrogen-bond acceptors (Lipinski definition) is 6. The second-order valence-corrected chi connectivity index (χ2v) is 9.98.